The average Bonchev–Trinajstić information content (AvgIpc) is 2.38. The van der Waals surface area contributed by atoms with Crippen molar-refractivity contribution >= 4 is 0 Å². The standard InChI is InChI=1S/C8H14NO/c1-2-4-8(10)7-5-3-6-9-7/h2,7-8,10H,1,3-6H2/t7?,8-/m0/s1. The Bertz CT molecular complexity index is 108. The van der Waals surface area contributed by atoms with Gasteiger partial charge in [0.25, 0.3) is 0 Å². The van der Waals surface area contributed by atoms with E-state index in [1.165, 1.54) is 0 Å². The minimum absolute atomic E-state index is 0.193. The molecule has 57 valence electrons. The Morgan fingerprint density at radius 2 is 2.60 bits per heavy atom. The quantitative estimate of drug-likeness (QED) is 0.575. The van der Waals surface area contributed by atoms with Crippen LogP contribution >= 0.6 is 0 Å². The first kappa shape index (κ1) is 7.76. The number of nitrogens with zero attached hydrogens (tertiary/aromatic N) is 1. The summed E-state index contributed by atoms with van der Waals surface area (Å²) in [6, 6.07) is 0.193. The second-order valence-corrected chi connectivity index (χ2v) is 2.71. The van der Waals surface area contributed by atoms with Gasteiger partial charge in [0.1, 0.15) is 0 Å². The summed E-state index contributed by atoms with van der Waals surface area (Å²) in [5.74, 6) is 0. The summed E-state index contributed by atoms with van der Waals surface area (Å²) in [6.07, 6.45) is 4.33. The Labute approximate surface area is 61.9 Å². The molecule has 0 saturated carbocycles. The van der Waals surface area contributed by atoms with Crippen LogP contribution in [0.1, 0.15) is 19.3 Å². The van der Waals surface area contributed by atoms with Gasteiger partial charge in [-0.25, -0.2) is 5.32 Å². The van der Waals surface area contributed by atoms with Crippen molar-refractivity contribution in [2.45, 2.75) is 31.4 Å². The van der Waals surface area contributed by atoms with Crippen LogP contribution < -0.4 is 5.32 Å². The van der Waals surface area contributed by atoms with E-state index >= 15 is 0 Å². The van der Waals surface area contributed by atoms with Gasteiger partial charge in [-0.1, -0.05) is 6.08 Å². The second-order valence-electron chi connectivity index (χ2n) is 2.71. The Morgan fingerprint density at radius 3 is 3.10 bits per heavy atom. The van der Waals surface area contributed by atoms with E-state index in [-0.39, 0.29) is 12.1 Å². The van der Waals surface area contributed by atoms with Crippen molar-refractivity contribution in [3.8, 4) is 0 Å². The van der Waals surface area contributed by atoms with Crippen molar-refractivity contribution in [2.75, 3.05) is 6.54 Å². The Morgan fingerprint density at radius 1 is 1.80 bits per heavy atom. The van der Waals surface area contributed by atoms with E-state index in [0.717, 1.165) is 19.4 Å². The van der Waals surface area contributed by atoms with Crippen LogP contribution in [0.15, 0.2) is 12.7 Å². The SMILES string of the molecule is C=CC[C@H](O)C1CCC[N]1. The molecule has 0 aromatic heterocycles. The molecule has 1 aliphatic rings. The molecule has 2 heteroatoms. The first-order chi connectivity index (χ1) is 4.84. The maximum atomic E-state index is 9.38. The minimum Gasteiger partial charge on any atom is -0.391 e. The largest absolute Gasteiger partial charge is 0.391 e. The van der Waals surface area contributed by atoms with Gasteiger partial charge in [0.15, 0.2) is 0 Å². The number of hydrogen-bond acceptors (Lipinski definition) is 1. The highest BCUT2D eigenvalue weighted by molar-refractivity contribution is 4.85. The van der Waals surface area contributed by atoms with E-state index in [2.05, 4.69) is 11.9 Å². The predicted octanol–water partition coefficient (Wildman–Crippen LogP) is 0.690. The monoisotopic (exact) mass is 140 g/mol. The molecule has 1 fully saturated rings. The summed E-state index contributed by atoms with van der Waals surface area (Å²) in [4.78, 5) is 0. The summed E-state index contributed by atoms with van der Waals surface area (Å²) in [7, 11) is 0. The van der Waals surface area contributed by atoms with E-state index in [1.54, 1.807) is 6.08 Å². The lowest BCUT2D eigenvalue weighted by Crippen LogP contribution is -2.29. The highest BCUT2D eigenvalue weighted by Gasteiger charge is 2.22. The molecule has 0 aromatic carbocycles. The molecule has 1 heterocycles. The van der Waals surface area contributed by atoms with Crippen LogP contribution in [0.25, 0.3) is 0 Å². The number of aliphatic hydroxyl groups is 1. The zero-order chi connectivity index (χ0) is 7.40. The number of hydrogen-bond donors (Lipinski definition) is 1. The zero-order valence-corrected chi connectivity index (χ0v) is 6.16. The third-order valence-corrected chi connectivity index (χ3v) is 1.87. The molecule has 0 aliphatic carbocycles. The van der Waals surface area contributed by atoms with Crippen molar-refractivity contribution in [1.82, 2.24) is 5.32 Å². The maximum absolute atomic E-state index is 9.38. The zero-order valence-electron chi connectivity index (χ0n) is 6.16. The molecular formula is C8H14NO. The molecule has 1 aliphatic heterocycles. The predicted molar refractivity (Wildman–Crippen MR) is 40.8 cm³/mol. The lowest BCUT2D eigenvalue weighted by Gasteiger charge is -2.14. The second kappa shape index (κ2) is 3.74. The summed E-state index contributed by atoms with van der Waals surface area (Å²) >= 11 is 0. The number of rotatable bonds is 3. The van der Waals surface area contributed by atoms with Crippen LogP contribution in [0.5, 0.6) is 0 Å². The molecule has 1 radical (unpaired) electrons. The average molecular weight is 140 g/mol. The number of aliphatic hydroxyl groups excluding tert-OH is 1. The molecule has 1 N–H and O–H groups in total. The van der Waals surface area contributed by atoms with Crippen LogP contribution in [0.4, 0.5) is 0 Å². The van der Waals surface area contributed by atoms with Gasteiger partial charge in [0.05, 0.1) is 12.1 Å². The van der Waals surface area contributed by atoms with Crippen LogP contribution in [-0.2, 0) is 0 Å². The first-order valence-electron chi connectivity index (χ1n) is 3.80. The molecule has 10 heavy (non-hydrogen) atoms. The fraction of sp³-hybridized carbons (Fsp3) is 0.750. The smallest absolute Gasteiger partial charge is 0.0743 e. The fourth-order valence-electron chi connectivity index (χ4n) is 1.29. The summed E-state index contributed by atoms with van der Waals surface area (Å²) in [5, 5.41) is 13.6. The van der Waals surface area contributed by atoms with Crippen molar-refractivity contribution < 1.29 is 5.11 Å². The first-order valence-corrected chi connectivity index (χ1v) is 3.80. The van der Waals surface area contributed by atoms with Gasteiger partial charge < -0.3 is 5.11 Å². The Hall–Kier alpha value is -0.340. The highest BCUT2D eigenvalue weighted by Crippen LogP contribution is 2.13. The third kappa shape index (κ3) is 1.82. The van der Waals surface area contributed by atoms with E-state index in [9.17, 15) is 5.11 Å². The molecule has 0 aromatic rings. The minimum atomic E-state index is -0.278. The van der Waals surface area contributed by atoms with E-state index in [4.69, 9.17) is 0 Å². The van der Waals surface area contributed by atoms with Crippen molar-refractivity contribution in [3.05, 3.63) is 12.7 Å². The van der Waals surface area contributed by atoms with Crippen LogP contribution in [-0.4, -0.2) is 23.8 Å². The topological polar surface area (TPSA) is 34.3 Å². The molecule has 0 bridgehead atoms. The van der Waals surface area contributed by atoms with E-state index in [0.29, 0.717) is 6.42 Å². The van der Waals surface area contributed by atoms with Crippen LogP contribution in [0.2, 0.25) is 0 Å². The van der Waals surface area contributed by atoms with Crippen molar-refractivity contribution in [3.63, 3.8) is 0 Å². The Balaban J connectivity index is 2.24. The molecule has 2 atom stereocenters. The lowest BCUT2D eigenvalue weighted by atomic mass is 10.1. The molecular weight excluding hydrogens is 126 g/mol. The Kier molecular flexibility index (Phi) is 2.90. The van der Waals surface area contributed by atoms with E-state index in [1.807, 2.05) is 0 Å². The molecule has 0 amide bonds. The molecule has 2 nitrogen and oxygen atoms in total. The van der Waals surface area contributed by atoms with Crippen LogP contribution in [0, 0.1) is 0 Å². The van der Waals surface area contributed by atoms with Gasteiger partial charge in [-0.3, -0.25) is 0 Å². The van der Waals surface area contributed by atoms with Crippen LogP contribution in [0.3, 0.4) is 0 Å². The van der Waals surface area contributed by atoms with Gasteiger partial charge in [0, 0.05) is 6.54 Å². The van der Waals surface area contributed by atoms with Gasteiger partial charge in [-0.15, -0.1) is 6.58 Å². The maximum Gasteiger partial charge on any atom is 0.0743 e. The molecule has 0 spiro atoms. The summed E-state index contributed by atoms with van der Waals surface area (Å²) in [6.45, 7) is 4.50. The highest BCUT2D eigenvalue weighted by atomic mass is 16.3. The molecule has 1 rings (SSSR count). The van der Waals surface area contributed by atoms with Gasteiger partial charge in [-0.05, 0) is 19.3 Å². The summed E-state index contributed by atoms with van der Waals surface area (Å²) in [5.41, 5.74) is 0. The normalized spacial score (nSPS) is 28.3. The van der Waals surface area contributed by atoms with Crippen molar-refractivity contribution in [2.24, 2.45) is 0 Å². The third-order valence-electron chi connectivity index (χ3n) is 1.87. The van der Waals surface area contributed by atoms with Gasteiger partial charge in [-0.2, -0.15) is 0 Å². The fourth-order valence-corrected chi connectivity index (χ4v) is 1.29. The summed E-state index contributed by atoms with van der Waals surface area (Å²) < 4.78 is 0. The van der Waals surface area contributed by atoms with Gasteiger partial charge in [0.2, 0.25) is 0 Å². The molecule has 1 unspecified atom stereocenters. The lowest BCUT2D eigenvalue weighted by molar-refractivity contribution is 0.137. The molecule has 1 saturated heterocycles. The van der Waals surface area contributed by atoms with E-state index < -0.39 is 0 Å². The van der Waals surface area contributed by atoms with Crippen molar-refractivity contribution in [1.29, 1.82) is 0 Å². The van der Waals surface area contributed by atoms with Gasteiger partial charge >= 0.3 is 0 Å².